The molecule has 0 saturated heterocycles. The monoisotopic (exact) mass is 253 g/mol. The summed E-state index contributed by atoms with van der Waals surface area (Å²) in [5, 5.41) is 13.5. The summed E-state index contributed by atoms with van der Waals surface area (Å²) in [6, 6.07) is 0.511. The molecule has 100 valence electrons. The molecule has 0 aliphatic heterocycles. The normalized spacial score (nSPS) is 16.3. The number of hydrogen-bond acceptors (Lipinski definition) is 6. The first-order chi connectivity index (χ1) is 8.65. The predicted molar refractivity (Wildman–Crippen MR) is 65.8 cm³/mol. The summed E-state index contributed by atoms with van der Waals surface area (Å²) in [5.41, 5.74) is 5.60. The Hall–Kier alpha value is -1.63. The van der Waals surface area contributed by atoms with E-state index in [-0.39, 0.29) is 11.9 Å². The average Bonchev–Trinajstić information content (AvgIpc) is 2.99. The quantitative estimate of drug-likeness (QED) is 0.613. The number of nitrogens with one attached hydrogen (secondary N) is 2. The van der Waals surface area contributed by atoms with E-state index in [1.165, 1.54) is 0 Å². The number of carbonyl (C=O) groups is 1. The number of anilines is 1. The molecule has 7 nitrogen and oxygen atoms in total. The number of aromatic nitrogens is 2. The summed E-state index contributed by atoms with van der Waals surface area (Å²) in [5.74, 6) is 0.519. The van der Waals surface area contributed by atoms with Gasteiger partial charge in [0.25, 0.3) is 0 Å². The minimum Gasteiger partial charge on any atom is -0.406 e. The van der Waals surface area contributed by atoms with Gasteiger partial charge in [-0.1, -0.05) is 5.10 Å². The molecule has 2 rings (SSSR count). The zero-order valence-corrected chi connectivity index (χ0v) is 10.5. The number of nitrogens with zero attached hydrogens (tertiary/aromatic N) is 2. The third kappa shape index (κ3) is 3.99. The zero-order valence-electron chi connectivity index (χ0n) is 10.5. The Bertz CT molecular complexity index is 400. The van der Waals surface area contributed by atoms with Crippen LogP contribution >= 0.6 is 0 Å². The molecule has 1 aliphatic carbocycles. The van der Waals surface area contributed by atoms with Gasteiger partial charge in [0.15, 0.2) is 0 Å². The van der Waals surface area contributed by atoms with Gasteiger partial charge in [0.1, 0.15) is 0 Å². The van der Waals surface area contributed by atoms with Gasteiger partial charge in [-0.2, -0.15) is 0 Å². The van der Waals surface area contributed by atoms with Crippen molar-refractivity contribution in [3.05, 3.63) is 5.89 Å². The molecule has 18 heavy (non-hydrogen) atoms. The van der Waals surface area contributed by atoms with Gasteiger partial charge in [0.05, 0.1) is 6.04 Å². The SMILES string of the molecule is CC(N)c1nnc(NCCCC(=O)NC2CC2)o1. The largest absolute Gasteiger partial charge is 0.406 e. The molecule has 1 aromatic heterocycles. The number of rotatable bonds is 7. The van der Waals surface area contributed by atoms with Crippen LogP contribution in [0, 0.1) is 0 Å². The summed E-state index contributed by atoms with van der Waals surface area (Å²) in [4.78, 5) is 11.4. The second-order valence-electron chi connectivity index (χ2n) is 4.61. The van der Waals surface area contributed by atoms with Crippen LogP contribution in [0.25, 0.3) is 0 Å². The first kappa shape index (κ1) is 12.8. The first-order valence-electron chi connectivity index (χ1n) is 6.27. The van der Waals surface area contributed by atoms with E-state index < -0.39 is 0 Å². The lowest BCUT2D eigenvalue weighted by atomic mass is 10.3. The highest BCUT2D eigenvalue weighted by Gasteiger charge is 2.22. The lowest BCUT2D eigenvalue weighted by molar-refractivity contribution is -0.121. The van der Waals surface area contributed by atoms with Crippen molar-refractivity contribution in [2.24, 2.45) is 5.73 Å². The van der Waals surface area contributed by atoms with Crippen LogP contribution in [0.15, 0.2) is 4.42 Å². The topological polar surface area (TPSA) is 106 Å². The van der Waals surface area contributed by atoms with Gasteiger partial charge in [0, 0.05) is 19.0 Å². The molecule has 1 saturated carbocycles. The van der Waals surface area contributed by atoms with Crippen LogP contribution < -0.4 is 16.4 Å². The molecule has 0 aromatic carbocycles. The fourth-order valence-electron chi connectivity index (χ4n) is 1.46. The van der Waals surface area contributed by atoms with Gasteiger partial charge in [-0.15, -0.1) is 5.10 Å². The van der Waals surface area contributed by atoms with Crippen molar-refractivity contribution in [1.29, 1.82) is 0 Å². The maximum absolute atomic E-state index is 11.4. The summed E-state index contributed by atoms with van der Waals surface area (Å²) in [6.07, 6.45) is 3.48. The van der Waals surface area contributed by atoms with E-state index in [1.807, 2.05) is 0 Å². The fraction of sp³-hybridized carbons (Fsp3) is 0.727. The minimum absolute atomic E-state index is 0.112. The Labute approximate surface area is 106 Å². The number of nitrogens with two attached hydrogens (primary N) is 1. The van der Waals surface area contributed by atoms with Crippen LogP contribution in [0.4, 0.5) is 6.01 Å². The first-order valence-corrected chi connectivity index (χ1v) is 6.27. The molecule has 1 unspecified atom stereocenters. The third-order valence-electron chi connectivity index (χ3n) is 2.63. The lowest BCUT2D eigenvalue weighted by Crippen LogP contribution is -2.25. The molecule has 1 heterocycles. The summed E-state index contributed by atoms with van der Waals surface area (Å²) in [6.45, 7) is 2.40. The third-order valence-corrected chi connectivity index (χ3v) is 2.63. The summed E-state index contributed by atoms with van der Waals surface area (Å²) in [7, 11) is 0. The average molecular weight is 253 g/mol. The maximum Gasteiger partial charge on any atom is 0.315 e. The minimum atomic E-state index is -0.266. The smallest absolute Gasteiger partial charge is 0.315 e. The van der Waals surface area contributed by atoms with Crippen LogP contribution in [-0.2, 0) is 4.79 Å². The molecule has 1 fully saturated rings. The van der Waals surface area contributed by atoms with Gasteiger partial charge in [-0.25, -0.2) is 0 Å². The van der Waals surface area contributed by atoms with E-state index in [9.17, 15) is 4.79 Å². The standard InChI is InChI=1S/C11H19N5O2/c1-7(12)10-15-16-11(18-10)13-6-2-3-9(17)14-8-4-5-8/h7-8H,2-6,12H2,1H3,(H,13,16)(H,14,17). The van der Waals surface area contributed by atoms with Crippen LogP contribution in [0.1, 0.15) is 44.5 Å². The molecule has 1 aromatic rings. The predicted octanol–water partition coefficient (Wildman–Crippen LogP) is 0.560. The molecule has 7 heteroatoms. The second kappa shape index (κ2) is 5.81. The van der Waals surface area contributed by atoms with Gasteiger partial charge in [0.2, 0.25) is 11.8 Å². The number of carbonyl (C=O) groups excluding carboxylic acids is 1. The van der Waals surface area contributed by atoms with Gasteiger partial charge in [-0.05, 0) is 26.2 Å². The number of amides is 1. The van der Waals surface area contributed by atoms with Crippen molar-refractivity contribution in [3.8, 4) is 0 Å². The van der Waals surface area contributed by atoms with Crippen molar-refractivity contribution in [2.45, 2.75) is 44.7 Å². The van der Waals surface area contributed by atoms with Crippen molar-refractivity contribution < 1.29 is 9.21 Å². The van der Waals surface area contributed by atoms with E-state index in [0.717, 1.165) is 19.3 Å². The van der Waals surface area contributed by atoms with E-state index in [2.05, 4.69) is 20.8 Å². The molecule has 4 N–H and O–H groups in total. The molecule has 0 bridgehead atoms. The highest BCUT2D eigenvalue weighted by Crippen LogP contribution is 2.18. The van der Waals surface area contributed by atoms with E-state index in [4.69, 9.17) is 10.2 Å². The van der Waals surface area contributed by atoms with Crippen LogP contribution in [-0.4, -0.2) is 28.7 Å². The summed E-state index contributed by atoms with van der Waals surface area (Å²) < 4.78 is 5.27. The fourth-order valence-corrected chi connectivity index (χ4v) is 1.46. The van der Waals surface area contributed by atoms with Crippen molar-refractivity contribution in [3.63, 3.8) is 0 Å². The second-order valence-corrected chi connectivity index (χ2v) is 4.61. The van der Waals surface area contributed by atoms with Crippen molar-refractivity contribution in [2.75, 3.05) is 11.9 Å². The molecule has 1 amide bonds. The molecule has 1 aliphatic rings. The van der Waals surface area contributed by atoms with Gasteiger partial charge < -0.3 is 20.8 Å². The molecular formula is C11H19N5O2. The van der Waals surface area contributed by atoms with E-state index in [1.54, 1.807) is 6.92 Å². The Morgan fingerprint density at radius 3 is 2.94 bits per heavy atom. The summed E-state index contributed by atoms with van der Waals surface area (Å²) >= 11 is 0. The Balaban J connectivity index is 1.60. The van der Waals surface area contributed by atoms with E-state index >= 15 is 0 Å². The van der Waals surface area contributed by atoms with Crippen LogP contribution in [0.2, 0.25) is 0 Å². The molecular weight excluding hydrogens is 234 g/mol. The number of hydrogen-bond donors (Lipinski definition) is 3. The van der Waals surface area contributed by atoms with Gasteiger partial charge in [-0.3, -0.25) is 4.79 Å². The van der Waals surface area contributed by atoms with Crippen LogP contribution in [0.3, 0.4) is 0 Å². The zero-order chi connectivity index (χ0) is 13.0. The van der Waals surface area contributed by atoms with E-state index in [0.29, 0.717) is 30.9 Å². The van der Waals surface area contributed by atoms with Crippen molar-refractivity contribution >= 4 is 11.9 Å². The maximum atomic E-state index is 11.4. The highest BCUT2D eigenvalue weighted by atomic mass is 16.4. The Kier molecular flexibility index (Phi) is 4.14. The highest BCUT2D eigenvalue weighted by molar-refractivity contribution is 5.76. The Morgan fingerprint density at radius 1 is 1.56 bits per heavy atom. The van der Waals surface area contributed by atoms with Crippen LogP contribution in [0.5, 0.6) is 0 Å². The molecule has 0 spiro atoms. The Morgan fingerprint density at radius 2 is 2.33 bits per heavy atom. The lowest BCUT2D eigenvalue weighted by Gasteiger charge is -2.03. The molecule has 0 radical (unpaired) electrons. The van der Waals surface area contributed by atoms with Gasteiger partial charge >= 0.3 is 6.01 Å². The molecule has 1 atom stereocenters. The van der Waals surface area contributed by atoms with Crippen molar-refractivity contribution in [1.82, 2.24) is 15.5 Å².